The molecule has 0 N–H and O–H groups in total. The monoisotopic (exact) mass is 588 g/mol. The molecular weight excluding hydrogens is 514 g/mol. The maximum atomic E-state index is 13.0. The highest BCUT2D eigenvalue weighted by molar-refractivity contribution is 5.69. The zero-order chi connectivity index (χ0) is 30.9. The van der Waals surface area contributed by atoms with Crippen molar-refractivity contribution in [3.05, 3.63) is 36.5 Å². The number of ether oxygens (including phenoxy) is 1. The first-order valence-electron chi connectivity index (χ1n) is 18.3. The second-order valence-electron chi connectivity index (χ2n) is 12.7. The minimum atomic E-state index is 0.0217. The summed E-state index contributed by atoms with van der Waals surface area (Å²) in [6.07, 6.45) is 42.2. The van der Waals surface area contributed by atoms with Crippen molar-refractivity contribution in [2.75, 3.05) is 20.6 Å². The fourth-order valence-electron chi connectivity index (χ4n) is 5.51. The van der Waals surface area contributed by atoms with E-state index in [2.05, 4.69) is 76.2 Å². The molecule has 0 amide bonds. The number of rotatable bonds is 31. The van der Waals surface area contributed by atoms with Crippen LogP contribution in [-0.2, 0) is 9.53 Å². The smallest absolute Gasteiger partial charge is 0.306 e. The lowest BCUT2D eigenvalue weighted by atomic mass is 9.88. The molecule has 1 atom stereocenters. The Kier molecular flexibility index (Phi) is 31.5. The minimum absolute atomic E-state index is 0.0217. The SMILES string of the molecule is CCCCC/C=C/CCCC(CCC/C=C/CCCCC)C(CC/C=C/CCCCC)OC(=O)CCCCCN(C)C. The summed E-state index contributed by atoms with van der Waals surface area (Å²) in [6, 6.07) is 0. The maximum Gasteiger partial charge on any atom is 0.306 e. The predicted molar refractivity (Wildman–Crippen MR) is 187 cm³/mol. The highest BCUT2D eigenvalue weighted by atomic mass is 16.5. The van der Waals surface area contributed by atoms with Gasteiger partial charge in [-0.25, -0.2) is 0 Å². The summed E-state index contributed by atoms with van der Waals surface area (Å²) in [5, 5.41) is 0. The molecule has 0 radical (unpaired) electrons. The molecule has 1 unspecified atom stereocenters. The van der Waals surface area contributed by atoms with Gasteiger partial charge in [0.25, 0.3) is 0 Å². The van der Waals surface area contributed by atoms with Crippen molar-refractivity contribution in [3.63, 3.8) is 0 Å². The Morgan fingerprint density at radius 3 is 1.45 bits per heavy atom. The van der Waals surface area contributed by atoms with Crippen LogP contribution in [0.5, 0.6) is 0 Å². The van der Waals surface area contributed by atoms with Gasteiger partial charge < -0.3 is 9.64 Å². The number of allylic oxidation sites excluding steroid dienone is 6. The standard InChI is InChI=1S/C39H73NO2/c1-6-9-12-15-18-21-23-27-32-37(33-28-24-22-19-16-13-10-7-2)38(34-29-25-20-17-14-11-8-3)42-39(41)35-30-26-31-36-40(4)5/h18-22,25,37-38H,6-17,23-24,26-36H2,1-5H3/b21-18+,22-19+,25-20+. The van der Waals surface area contributed by atoms with E-state index in [-0.39, 0.29) is 12.1 Å². The van der Waals surface area contributed by atoms with Crippen LogP contribution in [-0.4, -0.2) is 37.6 Å². The van der Waals surface area contributed by atoms with Gasteiger partial charge in [0.15, 0.2) is 0 Å². The number of carbonyl (C=O) groups is 1. The zero-order valence-electron chi connectivity index (χ0n) is 29.1. The number of esters is 1. The van der Waals surface area contributed by atoms with E-state index < -0.39 is 0 Å². The van der Waals surface area contributed by atoms with Crippen molar-refractivity contribution in [1.82, 2.24) is 4.90 Å². The third-order valence-electron chi connectivity index (χ3n) is 8.23. The molecule has 246 valence electrons. The van der Waals surface area contributed by atoms with Crippen molar-refractivity contribution in [1.29, 1.82) is 0 Å². The topological polar surface area (TPSA) is 29.5 Å². The fourth-order valence-corrected chi connectivity index (χ4v) is 5.51. The molecule has 0 heterocycles. The van der Waals surface area contributed by atoms with Crippen molar-refractivity contribution in [3.8, 4) is 0 Å². The van der Waals surface area contributed by atoms with Crippen LogP contribution in [0.25, 0.3) is 0 Å². The van der Waals surface area contributed by atoms with Crippen LogP contribution >= 0.6 is 0 Å². The molecule has 0 aromatic rings. The molecular formula is C39H73NO2. The first-order chi connectivity index (χ1) is 20.5. The summed E-state index contributed by atoms with van der Waals surface area (Å²) < 4.78 is 6.31. The van der Waals surface area contributed by atoms with Crippen molar-refractivity contribution in [2.45, 2.75) is 181 Å². The van der Waals surface area contributed by atoms with Gasteiger partial charge in [-0.1, -0.05) is 102 Å². The molecule has 0 aliphatic rings. The summed E-state index contributed by atoms with van der Waals surface area (Å²) >= 11 is 0. The molecule has 0 aliphatic carbocycles. The van der Waals surface area contributed by atoms with Crippen LogP contribution in [0.4, 0.5) is 0 Å². The van der Waals surface area contributed by atoms with E-state index in [1.807, 2.05) is 0 Å². The molecule has 3 heteroatoms. The van der Waals surface area contributed by atoms with Gasteiger partial charge in [-0.2, -0.15) is 0 Å². The van der Waals surface area contributed by atoms with Gasteiger partial charge >= 0.3 is 5.97 Å². The van der Waals surface area contributed by atoms with Crippen molar-refractivity contribution < 1.29 is 9.53 Å². The lowest BCUT2D eigenvalue weighted by molar-refractivity contribution is -0.152. The lowest BCUT2D eigenvalue weighted by Gasteiger charge is -2.27. The highest BCUT2D eigenvalue weighted by Crippen LogP contribution is 2.27. The third-order valence-corrected chi connectivity index (χ3v) is 8.23. The Morgan fingerprint density at radius 2 is 1.00 bits per heavy atom. The van der Waals surface area contributed by atoms with E-state index in [1.54, 1.807) is 0 Å². The molecule has 0 fully saturated rings. The van der Waals surface area contributed by atoms with Crippen LogP contribution in [0.15, 0.2) is 36.5 Å². The van der Waals surface area contributed by atoms with E-state index in [0.717, 1.165) is 64.3 Å². The first-order valence-corrected chi connectivity index (χ1v) is 18.3. The molecule has 0 aromatic heterocycles. The number of unbranched alkanes of at least 4 members (excludes halogenated alkanes) is 13. The van der Waals surface area contributed by atoms with E-state index in [0.29, 0.717) is 12.3 Å². The van der Waals surface area contributed by atoms with Crippen LogP contribution < -0.4 is 0 Å². The Morgan fingerprint density at radius 1 is 0.548 bits per heavy atom. The Labute approximate surface area is 264 Å². The molecule has 0 saturated heterocycles. The van der Waals surface area contributed by atoms with Gasteiger partial charge in [0, 0.05) is 6.42 Å². The molecule has 0 spiro atoms. The first kappa shape index (κ1) is 40.6. The number of nitrogens with zero attached hydrogens (tertiary/aromatic N) is 1. The average Bonchev–Trinajstić information content (AvgIpc) is 2.97. The average molecular weight is 588 g/mol. The van der Waals surface area contributed by atoms with E-state index >= 15 is 0 Å². The zero-order valence-corrected chi connectivity index (χ0v) is 29.1. The van der Waals surface area contributed by atoms with Crippen LogP contribution in [0.3, 0.4) is 0 Å². The summed E-state index contributed by atoms with van der Waals surface area (Å²) in [5.41, 5.74) is 0. The third kappa shape index (κ3) is 28.8. The number of hydrogen-bond donors (Lipinski definition) is 0. The molecule has 0 aromatic carbocycles. The van der Waals surface area contributed by atoms with Gasteiger partial charge in [0.2, 0.25) is 0 Å². The number of hydrogen-bond acceptors (Lipinski definition) is 3. The summed E-state index contributed by atoms with van der Waals surface area (Å²) in [5.74, 6) is 0.478. The van der Waals surface area contributed by atoms with Gasteiger partial charge in [-0.15, -0.1) is 0 Å². The lowest BCUT2D eigenvalue weighted by Crippen LogP contribution is -2.27. The Bertz CT molecular complexity index is 625. The van der Waals surface area contributed by atoms with Gasteiger partial charge in [-0.3, -0.25) is 4.79 Å². The molecule has 0 saturated carbocycles. The predicted octanol–water partition coefficient (Wildman–Crippen LogP) is 12.2. The van der Waals surface area contributed by atoms with Crippen LogP contribution in [0, 0.1) is 5.92 Å². The van der Waals surface area contributed by atoms with E-state index in [4.69, 9.17) is 4.74 Å². The van der Waals surface area contributed by atoms with Crippen molar-refractivity contribution >= 4 is 5.97 Å². The van der Waals surface area contributed by atoms with Gasteiger partial charge in [-0.05, 0) is 129 Å². The largest absolute Gasteiger partial charge is 0.462 e. The fraction of sp³-hybridized carbons (Fsp3) is 0.821. The van der Waals surface area contributed by atoms with E-state index in [1.165, 1.54) is 89.9 Å². The highest BCUT2D eigenvalue weighted by Gasteiger charge is 2.24. The minimum Gasteiger partial charge on any atom is -0.462 e. The summed E-state index contributed by atoms with van der Waals surface area (Å²) in [6.45, 7) is 7.88. The van der Waals surface area contributed by atoms with Crippen LogP contribution in [0.2, 0.25) is 0 Å². The normalized spacial score (nSPS) is 13.0. The summed E-state index contributed by atoms with van der Waals surface area (Å²) in [7, 11) is 4.23. The second-order valence-corrected chi connectivity index (χ2v) is 12.7. The molecule has 0 aliphatic heterocycles. The quantitative estimate of drug-likeness (QED) is 0.0459. The van der Waals surface area contributed by atoms with Gasteiger partial charge in [0.1, 0.15) is 6.10 Å². The second kappa shape index (κ2) is 32.6. The molecule has 42 heavy (non-hydrogen) atoms. The number of carbonyl (C=O) groups excluding carboxylic acids is 1. The molecule has 3 nitrogen and oxygen atoms in total. The molecule has 0 rings (SSSR count). The summed E-state index contributed by atoms with van der Waals surface area (Å²) in [4.78, 5) is 15.2. The van der Waals surface area contributed by atoms with Gasteiger partial charge in [0.05, 0.1) is 0 Å². The maximum absolute atomic E-state index is 13.0. The van der Waals surface area contributed by atoms with Crippen LogP contribution in [0.1, 0.15) is 175 Å². The van der Waals surface area contributed by atoms with E-state index in [9.17, 15) is 4.79 Å². The Hall–Kier alpha value is -1.35. The van der Waals surface area contributed by atoms with Crippen molar-refractivity contribution in [2.24, 2.45) is 5.92 Å². The Balaban J connectivity index is 5.14. The molecule has 0 bridgehead atoms.